The molecule has 0 amide bonds. The van der Waals surface area contributed by atoms with Crippen molar-refractivity contribution in [2.75, 3.05) is 18.9 Å². The third-order valence-electron chi connectivity index (χ3n) is 3.58. The summed E-state index contributed by atoms with van der Waals surface area (Å²) in [6, 6.07) is 7.55. The van der Waals surface area contributed by atoms with Crippen LogP contribution in [0.15, 0.2) is 39.9 Å². The van der Waals surface area contributed by atoms with Crippen molar-refractivity contribution in [3.63, 3.8) is 0 Å². The van der Waals surface area contributed by atoms with E-state index >= 15 is 0 Å². The summed E-state index contributed by atoms with van der Waals surface area (Å²) in [5.41, 5.74) is 1.64. The van der Waals surface area contributed by atoms with E-state index in [1.54, 1.807) is 17.4 Å². The number of sulfonamides is 1. The number of rotatable bonds is 3. The molecule has 1 aromatic rings. The molecular weight excluding hydrogens is 326 g/mol. The smallest absolute Gasteiger partial charge is 0.256 e. The Morgan fingerprint density at radius 2 is 1.92 bits per heavy atom. The van der Waals surface area contributed by atoms with Crippen molar-refractivity contribution < 1.29 is 13.2 Å². The monoisotopic (exact) mass is 347 g/mol. The summed E-state index contributed by atoms with van der Waals surface area (Å²) in [6.07, 6.45) is 3.25. The Hall–Kier alpha value is -2.15. The summed E-state index contributed by atoms with van der Waals surface area (Å²) in [7, 11) is -3.41. The molecule has 24 heavy (non-hydrogen) atoms. The molecule has 0 spiro atoms. The molecule has 6 nitrogen and oxygen atoms in total. The number of ether oxygens (including phenoxy) is 1. The predicted octanol–water partition coefficient (Wildman–Crippen LogP) is 2.54. The minimum absolute atomic E-state index is 0.00931. The zero-order chi connectivity index (χ0) is 17.4. The molecule has 2 heterocycles. The van der Waals surface area contributed by atoms with Gasteiger partial charge in [0.2, 0.25) is 0 Å². The second-order valence-electron chi connectivity index (χ2n) is 7.08. The molecule has 3 rings (SSSR count). The Kier molecular flexibility index (Phi) is 4.21. The lowest BCUT2D eigenvalue weighted by atomic mass is 9.98. The van der Waals surface area contributed by atoms with Gasteiger partial charge in [-0.3, -0.25) is 0 Å². The highest BCUT2D eigenvalue weighted by molar-refractivity contribution is 7.90. The maximum Gasteiger partial charge on any atom is 0.256 e. The second-order valence-corrected chi connectivity index (χ2v) is 8.83. The summed E-state index contributed by atoms with van der Waals surface area (Å²) in [4.78, 5) is 5.95. The number of benzene rings is 1. The highest BCUT2D eigenvalue weighted by atomic mass is 32.2. The van der Waals surface area contributed by atoms with Crippen LogP contribution >= 0.6 is 0 Å². The average molecular weight is 347 g/mol. The lowest BCUT2D eigenvalue weighted by molar-refractivity contribution is 0.198. The molecule has 0 aromatic heterocycles. The van der Waals surface area contributed by atoms with Gasteiger partial charge in [-0.15, -0.1) is 4.40 Å². The van der Waals surface area contributed by atoms with E-state index in [2.05, 4.69) is 30.2 Å². The Labute approximate surface area is 142 Å². The van der Waals surface area contributed by atoms with Gasteiger partial charge in [-0.25, -0.2) is 13.4 Å². The Morgan fingerprint density at radius 3 is 2.58 bits per heavy atom. The highest BCUT2D eigenvalue weighted by Gasteiger charge is 2.28. The van der Waals surface area contributed by atoms with Gasteiger partial charge in [0.1, 0.15) is 5.75 Å². The largest absolute Gasteiger partial charge is 0.493 e. The van der Waals surface area contributed by atoms with Crippen LogP contribution in [0.1, 0.15) is 26.3 Å². The van der Waals surface area contributed by atoms with Gasteiger partial charge in [-0.1, -0.05) is 32.9 Å². The molecule has 0 saturated carbocycles. The molecule has 0 atom stereocenters. The fraction of sp³-hybridized carbons (Fsp3) is 0.412. The van der Waals surface area contributed by atoms with Crippen LogP contribution in [0.5, 0.6) is 5.75 Å². The second kappa shape index (κ2) is 6.05. The molecule has 2 aliphatic rings. The van der Waals surface area contributed by atoms with Crippen molar-refractivity contribution in [3.05, 3.63) is 36.0 Å². The SMILES string of the molecule is CC(C)(C)COc1ccc(C2=CN=CN3CCS(=O)(=O)N=C23)cc1. The van der Waals surface area contributed by atoms with Crippen molar-refractivity contribution >= 4 is 27.8 Å². The standard InChI is InChI=1S/C17H21N3O3S/c1-17(2,3)11-23-14-6-4-13(5-7-14)15-10-18-12-20-8-9-24(21,22)19-16(15)20/h4-7,10,12H,8-9,11H2,1-3H3. The lowest BCUT2D eigenvalue weighted by Gasteiger charge is -2.28. The number of hydrogen-bond acceptors (Lipinski definition) is 5. The van der Waals surface area contributed by atoms with E-state index in [0.29, 0.717) is 24.6 Å². The lowest BCUT2D eigenvalue weighted by Crippen LogP contribution is -2.40. The molecule has 0 radical (unpaired) electrons. The number of aliphatic imine (C=N–C) groups is 1. The molecule has 0 bridgehead atoms. The van der Waals surface area contributed by atoms with Crippen molar-refractivity contribution in [2.45, 2.75) is 20.8 Å². The van der Waals surface area contributed by atoms with Crippen LogP contribution in [-0.2, 0) is 10.0 Å². The first kappa shape index (κ1) is 16.7. The molecule has 2 aliphatic heterocycles. The minimum atomic E-state index is -3.41. The van der Waals surface area contributed by atoms with Gasteiger partial charge in [-0.2, -0.15) is 0 Å². The summed E-state index contributed by atoms with van der Waals surface area (Å²) < 4.78 is 33.3. The van der Waals surface area contributed by atoms with E-state index in [0.717, 1.165) is 11.3 Å². The predicted molar refractivity (Wildman–Crippen MR) is 95.8 cm³/mol. The molecule has 0 N–H and O–H groups in total. The third-order valence-corrected chi connectivity index (χ3v) is 4.73. The van der Waals surface area contributed by atoms with Crippen LogP contribution in [0.2, 0.25) is 0 Å². The Morgan fingerprint density at radius 1 is 1.21 bits per heavy atom. The quantitative estimate of drug-likeness (QED) is 0.842. The number of amidine groups is 1. The molecule has 0 unspecified atom stereocenters. The average Bonchev–Trinajstić information content (AvgIpc) is 2.51. The minimum Gasteiger partial charge on any atom is -0.493 e. The van der Waals surface area contributed by atoms with Gasteiger partial charge in [-0.05, 0) is 23.1 Å². The molecular formula is C17H21N3O3S. The van der Waals surface area contributed by atoms with Gasteiger partial charge >= 0.3 is 0 Å². The van der Waals surface area contributed by atoms with Crippen LogP contribution in [0.25, 0.3) is 5.57 Å². The molecule has 0 aliphatic carbocycles. The van der Waals surface area contributed by atoms with E-state index in [1.165, 1.54) is 0 Å². The van der Waals surface area contributed by atoms with Crippen molar-refractivity contribution in [2.24, 2.45) is 14.8 Å². The van der Waals surface area contributed by atoms with Gasteiger partial charge in [0.15, 0.2) is 5.84 Å². The van der Waals surface area contributed by atoms with Crippen LogP contribution in [0.4, 0.5) is 0 Å². The fourth-order valence-electron chi connectivity index (χ4n) is 2.35. The van der Waals surface area contributed by atoms with E-state index in [1.807, 2.05) is 24.3 Å². The molecule has 128 valence electrons. The zero-order valence-corrected chi connectivity index (χ0v) is 14.9. The maximum atomic E-state index is 11.8. The van der Waals surface area contributed by atoms with Crippen LogP contribution in [-0.4, -0.2) is 44.4 Å². The number of hydrogen-bond donors (Lipinski definition) is 0. The Balaban J connectivity index is 1.84. The van der Waals surface area contributed by atoms with Gasteiger partial charge < -0.3 is 9.64 Å². The van der Waals surface area contributed by atoms with Crippen LogP contribution in [0.3, 0.4) is 0 Å². The fourth-order valence-corrected chi connectivity index (χ4v) is 3.33. The van der Waals surface area contributed by atoms with Gasteiger partial charge in [0.05, 0.1) is 18.7 Å². The summed E-state index contributed by atoms with van der Waals surface area (Å²) in [6.45, 7) is 7.33. The number of nitrogens with zero attached hydrogens (tertiary/aromatic N) is 3. The van der Waals surface area contributed by atoms with E-state index in [4.69, 9.17) is 4.74 Å². The van der Waals surface area contributed by atoms with E-state index in [9.17, 15) is 8.42 Å². The first-order chi connectivity index (χ1) is 11.2. The third kappa shape index (κ3) is 3.84. The van der Waals surface area contributed by atoms with Crippen LogP contribution < -0.4 is 4.74 Å². The van der Waals surface area contributed by atoms with Crippen molar-refractivity contribution in [3.8, 4) is 5.75 Å². The summed E-state index contributed by atoms with van der Waals surface area (Å²) in [5, 5.41) is 0. The topological polar surface area (TPSA) is 71.3 Å². The summed E-state index contributed by atoms with van der Waals surface area (Å²) >= 11 is 0. The molecule has 0 fully saturated rings. The van der Waals surface area contributed by atoms with E-state index < -0.39 is 10.0 Å². The molecule has 7 heteroatoms. The van der Waals surface area contributed by atoms with Crippen molar-refractivity contribution in [1.29, 1.82) is 0 Å². The van der Waals surface area contributed by atoms with Gasteiger partial charge in [0, 0.05) is 18.3 Å². The van der Waals surface area contributed by atoms with E-state index in [-0.39, 0.29) is 11.2 Å². The molecule has 0 saturated heterocycles. The molecule has 1 aromatic carbocycles. The normalized spacial score (nSPS) is 19.4. The van der Waals surface area contributed by atoms with Crippen LogP contribution in [0, 0.1) is 5.41 Å². The van der Waals surface area contributed by atoms with Crippen molar-refractivity contribution in [1.82, 2.24) is 4.90 Å². The van der Waals surface area contributed by atoms with Gasteiger partial charge in [0.25, 0.3) is 10.0 Å². The highest BCUT2D eigenvalue weighted by Crippen LogP contribution is 2.26. The Bertz CT molecular complexity index is 816. The number of fused-ring (bicyclic) bond motifs is 1. The summed E-state index contributed by atoms with van der Waals surface area (Å²) in [5.74, 6) is 1.22. The first-order valence-corrected chi connectivity index (χ1v) is 9.41. The maximum absolute atomic E-state index is 11.8. The first-order valence-electron chi connectivity index (χ1n) is 7.80. The zero-order valence-electron chi connectivity index (χ0n) is 14.1.